The monoisotopic (exact) mass is 371 g/mol. The molecule has 0 atom stereocenters. The van der Waals surface area contributed by atoms with Crippen molar-refractivity contribution >= 4 is 52.6 Å². The summed E-state index contributed by atoms with van der Waals surface area (Å²) in [6.07, 6.45) is 0. The van der Waals surface area contributed by atoms with E-state index < -0.39 is 11.0 Å². The highest BCUT2D eigenvalue weighted by atomic mass is 35.5. The summed E-state index contributed by atoms with van der Waals surface area (Å²) >= 11 is 12.7. The Morgan fingerprint density at radius 1 is 1.26 bits per heavy atom. The van der Waals surface area contributed by atoms with Crippen molar-refractivity contribution in [1.29, 1.82) is 0 Å². The SMILES string of the molecule is CN(Sc1ccccc1[N+](=O)[O-])C(=O)Nc1ccc(Cl)cc1Cl. The molecule has 120 valence electrons. The highest BCUT2D eigenvalue weighted by Crippen LogP contribution is 2.31. The number of hydrogen-bond acceptors (Lipinski definition) is 4. The lowest BCUT2D eigenvalue weighted by Crippen LogP contribution is -2.25. The van der Waals surface area contributed by atoms with Crippen molar-refractivity contribution in [2.24, 2.45) is 0 Å². The van der Waals surface area contributed by atoms with E-state index in [9.17, 15) is 14.9 Å². The van der Waals surface area contributed by atoms with E-state index in [2.05, 4.69) is 5.32 Å². The number of carbonyl (C=O) groups excluding carboxylic acids is 1. The summed E-state index contributed by atoms with van der Waals surface area (Å²) in [4.78, 5) is 23.0. The molecule has 0 saturated carbocycles. The molecule has 0 aromatic heterocycles. The summed E-state index contributed by atoms with van der Waals surface area (Å²) in [5.74, 6) is 0. The fourth-order valence-electron chi connectivity index (χ4n) is 1.66. The number of carbonyl (C=O) groups is 1. The van der Waals surface area contributed by atoms with E-state index in [0.717, 1.165) is 11.9 Å². The van der Waals surface area contributed by atoms with Gasteiger partial charge in [0, 0.05) is 18.1 Å². The Morgan fingerprint density at radius 3 is 2.61 bits per heavy atom. The molecule has 2 aromatic carbocycles. The lowest BCUT2D eigenvalue weighted by Gasteiger charge is -2.17. The number of nitro groups is 1. The summed E-state index contributed by atoms with van der Waals surface area (Å²) in [6, 6.07) is 10.4. The van der Waals surface area contributed by atoms with Crippen LogP contribution >= 0.6 is 35.1 Å². The van der Waals surface area contributed by atoms with Gasteiger partial charge < -0.3 is 5.32 Å². The molecule has 0 aliphatic heterocycles. The van der Waals surface area contributed by atoms with Crippen LogP contribution in [0.25, 0.3) is 0 Å². The molecule has 2 aromatic rings. The van der Waals surface area contributed by atoms with Crippen LogP contribution < -0.4 is 5.32 Å². The van der Waals surface area contributed by atoms with Gasteiger partial charge in [0.2, 0.25) is 0 Å². The average molecular weight is 372 g/mol. The fraction of sp³-hybridized carbons (Fsp3) is 0.0714. The van der Waals surface area contributed by atoms with Crippen molar-refractivity contribution in [2.45, 2.75) is 4.90 Å². The molecule has 1 N–H and O–H groups in total. The molecule has 6 nitrogen and oxygen atoms in total. The smallest absolute Gasteiger partial charge is 0.306 e. The maximum absolute atomic E-state index is 12.2. The Bertz CT molecular complexity index is 758. The lowest BCUT2D eigenvalue weighted by atomic mass is 10.3. The van der Waals surface area contributed by atoms with Crippen LogP contribution in [-0.4, -0.2) is 22.3 Å². The summed E-state index contributed by atoms with van der Waals surface area (Å²) in [6.45, 7) is 0. The Morgan fingerprint density at radius 2 is 1.96 bits per heavy atom. The van der Waals surface area contributed by atoms with Gasteiger partial charge in [-0.1, -0.05) is 35.3 Å². The molecule has 0 fully saturated rings. The van der Waals surface area contributed by atoms with E-state index in [4.69, 9.17) is 23.2 Å². The minimum Gasteiger partial charge on any atom is -0.306 e. The number of nitro benzene ring substituents is 1. The van der Waals surface area contributed by atoms with Gasteiger partial charge in [-0.15, -0.1) is 0 Å². The molecule has 23 heavy (non-hydrogen) atoms. The third-order valence-corrected chi connectivity index (χ3v) is 4.29. The first-order valence-corrected chi connectivity index (χ1v) is 7.82. The summed E-state index contributed by atoms with van der Waals surface area (Å²) in [5, 5.41) is 14.4. The first-order chi connectivity index (χ1) is 10.9. The van der Waals surface area contributed by atoms with Gasteiger partial charge in [-0.05, 0) is 36.2 Å². The first kappa shape index (κ1) is 17.4. The molecule has 2 amide bonds. The number of anilines is 1. The topological polar surface area (TPSA) is 75.5 Å². The standard InChI is InChI=1S/C14H11Cl2N3O3S/c1-18(23-13-5-3-2-4-12(13)19(21)22)14(20)17-11-7-6-9(15)8-10(11)16/h2-8H,1H3,(H,17,20). The second kappa shape index (κ2) is 7.54. The maximum atomic E-state index is 12.2. The van der Waals surface area contributed by atoms with E-state index in [0.29, 0.717) is 20.6 Å². The summed E-state index contributed by atoms with van der Waals surface area (Å²) in [5.41, 5.74) is 0.331. The Hall–Kier alpha value is -1.96. The van der Waals surface area contributed by atoms with E-state index in [1.54, 1.807) is 30.3 Å². The molecule has 0 heterocycles. The zero-order chi connectivity index (χ0) is 17.0. The van der Waals surface area contributed by atoms with Crippen molar-refractivity contribution in [3.63, 3.8) is 0 Å². The van der Waals surface area contributed by atoms with Crippen molar-refractivity contribution in [2.75, 3.05) is 12.4 Å². The lowest BCUT2D eigenvalue weighted by molar-refractivity contribution is -0.387. The normalized spacial score (nSPS) is 10.2. The van der Waals surface area contributed by atoms with Crippen LogP contribution in [0.4, 0.5) is 16.2 Å². The number of hydrogen-bond donors (Lipinski definition) is 1. The zero-order valence-electron chi connectivity index (χ0n) is 11.8. The van der Waals surface area contributed by atoms with Gasteiger partial charge in [-0.25, -0.2) is 4.79 Å². The van der Waals surface area contributed by atoms with E-state index in [1.807, 2.05) is 0 Å². The number of nitrogens with zero attached hydrogens (tertiary/aromatic N) is 2. The highest BCUT2D eigenvalue weighted by Gasteiger charge is 2.18. The number of amides is 2. The molecule has 0 radical (unpaired) electrons. The van der Waals surface area contributed by atoms with Crippen molar-refractivity contribution in [3.05, 3.63) is 62.6 Å². The number of para-hydroxylation sites is 1. The minimum absolute atomic E-state index is 0.0679. The average Bonchev–Trinajstić information content (AvgIpc) is 2.50. The molecule has 0 unspecified atom stereocenters. The van der Waals surface area contributed by atoms with E-state index in [1.165, 1.54) is 23.5 Å². The van der Waals surface area contributed by atoms with Gasteiger partial charge in [0.25, 0.3) is 5.69 Å². The number of rotatable bonds is 4. The number of urea groups is 1. The van der Waals surface area contributed by atoms with Crippen molar-refractivity contribution in [3.8, 4) is 0 Å². The van der Waals surface area contributed by atoms with Crippen LogP contribution in [0.15, 0.2) is 47.4 Å². The van der Waals surface area contributed by atoms with Gasteiger partial charge in [0.15, 0.2) is 0 Å². The second-order valence-electron chi connectivity index (χ2n) is 4.37. The zero-order valence-corrected chi connectivity index (χ0v) is 14.2. The molecule has 2 rings (SSSR count). The quantitative estimate of drug-likeness (QED) is 0.462. The van der Waals surface area contributed by atoms with Crippen LogP contribution in [0.2, 0.25) is 10.0 Å². The summed E-state index contributed by atoms with van der Waals surface area (Å²) in [7, 11) is 1.50. The fourth-order valence-corrected chi connectivity index (χ4v) is 2.91. The van der Waals surface area contributed by atoms with Crippen LogP contribution in [0.3, 0.4) is 0 Å². The van der Waals surface area contributed by atoms with Crippen molar-refractivity contribution < 1.29 is 9.72 Å². The van der Waals surface area contributed by atoms with Crippen LogP contribution in [0, 0.1) is 10.1 Å². The second-order valence-corrected chi connectivity index (χ2v) is 6.38. The van der Waals surface area contributed by atoms with Gasteiger partial charge in [0.1, 0.15) is 4.90 Å². The molecular formula is C14H11Cl2N3O3S. The molecule has 0 aliphatic carbocycles. The largest absolute Gasteiger partial charge is 0.331 e. The maximum Gasteiger partial charge on any atom is 0.331 e. The number of nitrogens with one attached hydrogen (secondary N) is 1. The van der Waals surface area contributed by atoms with Crippen LogP contribution in [0.1, 0.15) is 0 Å². The molecule has 0 aliphatic rings. The van der Waals surface area contributed by atoms with Crippen LogP contribution in [-0.2, 0) is 0 Å². The molecule has 0 saturated heterocycles. The third-order valence-electron chi connectivity index (χ3n) is 2.76. The third kappa shape index (κ3) is 4.51. The van der Waals surface area contributed by atoms with E-state index in [-0.39, 0.29) is 5.69 Å². The molecular weight excluding hydrogens is 361 g/mol. The van der Waals surface area contributed by atoms with Crippen LogP contribution in [0.5, 0.6) is 0 Å². The minimum atomic E-state index is -0.496. The van der Waals surface area contributed by atoms with Gasteiger partial charge in [-0.3, -0.25) is 14.4 Å². The number of benzene rings is 2. The van der Waals surface area contributed by atoms with Gasteiger partial charge in [0.05, 0.1) is 15.6 Å². The van der Waals surface area contributed by atoms with Gasteiger partial charge in [-0.2, -0.15) is 0 Å². The Labute approximate surface area is 146 Å². The summed E-state index contributed by atoms with van der Waals surface area (Å²) < 4.78 is 1.24. The predicted molar refractivity (Wildman–Crippen MR) is 92.2 cm³/mol. The molecule has 0 bridgehead atoms. The number of halogens is 2. The Balaban J connectivity index is 2.10. The van der Waals surface area contributed by atoms with Gasteiger partial charge >= 0.3 is 6.03 Å². The molecule has 9 heteroatoms. The Kier molecular flexibility index (Phi) is 5.70. The predicted octanol–water partition coefficient (Wildman–Crippen LogP) is 5.07. The highest BCUT2D eigenvalue weighted by molar-refractivity contribution is 7.97. The van der Waals surface area contributed by atoms with E-state index >= 15 is 0 Å². The first-order valence-electron chi connectivity index (χ1n) is 6.29. The van der Waals surface area contributed by atoms with Crippen molar-refractivity contribution in [1.82, 2.24) is 4.31 Å². The molecule has 0 spiro atoms.